The van der Waals surface area contributed by atoms with Crippen LogP contribution in [0.4, 0.5) is 5.69 Å². The molecular weight excluding hydrogens is 430 g/mol. The number of carbonyl (C=O) groups is 2. The van der Waals surface area contributed by atoms with Crippen LogP contribution in [0.15, 0.2) is 60.7 Å². The van der Waals surface area contributed by atoms with Gasteiger partial charge in [-0.2, -0.15) is 5.26 Å². The van der Waals surface area contributed by atoms with E-state index in [4.69, 9.17) is 10.00 Å². The predicted octanol–water partition coefficient (Wildman–Crippen LogP) is 3.66. The molecule has 1 heterocycles. The van der Waals surface area contributed by atoms with Crippen molar-refractivity contribution in [3.8, 4) is 23.1 Å². The maximum Gasteiger partial charge on any atom is 0.269 e. The monoisotopic (exact) mass is 457 g/mol. The Balaban J connectivity index is 1.90. The van der Waals surface area contributed by atoms with Crippen LogP contribution in [0.5, 0.6) is 5.75 Å². The predicted molar refractivity (Wildman–Crippen MR) is 133 cm³/mol. The zero-order valence-corrected chi connectivity index (χ0v) is 19.4. The van der Waals surface area contributed by atoms with Crippen molar-refractivity contribution < 1.29 is 14.3 Å². The van der Waals surface area contributed by atoms with E-state index in [0.717, 1.165) is 22.0 Å². The van der Waals surface area contributed by atoms with Crippen molar-refractivity contribution in [2.45, 2.75) is 19.9 Å². The molecule has 0 aliphatic heterocycles. The number of benzene rings is 2. The van der Waals surface area contributed by atoms with Gasteiger partial charge in [-0.3, -0.25) is 9.59 Å². The Morgan fingerprint density at radius 2 is 1.97 bits per heavy atom. The van der Waals surface area contributed by atoms with Gasteiger partial charge in [0.15, 0.2) is 0 Å². The SMILES string of the molecule is C=C(C#N)CNc1c(OC)ccc2ccc(-c3cccc(C(=O)NC[C@@H](C)NC(C)=O)n3)cc12. The molecule has 2 aromatic carbocycles. The van der Waals surface area contributed by atoms with Crippen LogP contribution in [-0.4, -0.2) is 43.0 Å². The molecule has 3 rings (SSSR count). The van der Waals surface area contributed by atoms with Gasteiger partial charge in [-0.1, -0.05) is 30.8 Å². The number of carbonyl (C=O) groups excluding carboxylic acids is 2. The second-order valence-corrected chi connectivity index (χ2v) is 7.87. The zero-order chi connectivity index (χ0) is 24.7. The molecule has 174 valence electrons. The van der Waals surface area contributed by atoms with Gasteiger partial charge in [0.05, 0.1) is 24.6 Å². The lowest BCUT2D eigenvalue weighted by atomic mass is 10.0. The van der Waals surface area contributed by atoms with Crippen molar-refractivity contribution >= 4 is 28.3 Å². The number of fused-ring (bicyclic) bond motifs is 1. The molecule has 0 bridgehead atoms. The van der Waals surface area contributed by atoms with Gasteiger partial charge in [0.25, 0.3) is 5.91 Å². The summed E-state index contributed by atoms with van der Waals surface area (Å²) in [5.74, 6) is 0.171. The Bertz CT molecular complexity index is 1280. The summed E-state index contributed by atoms with van der Waals surface area (Å²) in [6.45, 7) is 7.56. The molecule has 0 fully saturated rings. The second kappa shape index (κ2) is 11.0. The first kappa shape index (κ1) is 24.3. The molecule has 3 N–H and O–H groups in total. The number of nitrogens with one attached hydrogen (secondary N) is 3. The van der Waals surface area contributed by atoms with Crippen molar-refractivity contribution in [2.75, 3.05) is 25.5 Å². The molecule has 1 aromatic heterocycles. The molecule has 0 radical (unpaired) electrons. The Kier molecular flexibility index (Phi) is 7.83. The van der Waals surface area contributed by atoms with E-state index in [0.29, 0.717) is 30.1 Å². The average Bonchev–Trinajstić information content (AvgIpc) is 2.84. The fourth-order valence-electron chi connectivity index (χ4n) is 3.50. The number of anilines is 1. The fourth-order valence-corrected chi connectivity index (χ4v) is 3.50. The van der Waals surface area contributed by atoms with E-state index in [1.165, 1.54) is 6.92 Å². The molecule has 34 heavy (non-hydrogen) atoms. The van der Waals surface area contributed by atoms with Crippen molar-refractivity contribution in [1.82, 2.24) is 15.6 Å². The third-order valence-corrected chi connectivity index (χ3v) is 5.14. The first-order valence-corrected chi connectivity index (χ1v) is 10.8. The molecule has 0 saturated heterocycles. The maximum absolute atomic E-state index is 12.6. The highest BCUT2D eigenvalue weighted by molar-refractivity contribution is 5.99. The summed E-state index contributed by atoms with van der Waals surface area (Å²) in [5, 5.41) is 19.7. The van der Waals surface area contributed by atoms with E-state index in [2.05, 4.69) is 27.5 Å². The van der Waals surface area contributed by atoms with E-state index >= 15 is 0 Å². The number of methoxy groups -OCH3 is 1. The van der Waals surface area contributed by atoms with E-state index in [-0.39, 0.29) is 23.6 Å². The van der Waals surface area contributed by atoms with Gasteiger partial charge in [-0.05, 0) is 36.6 Å². The highest BCUT2D eigenvalue weighted by atomic mass is 16.5. The van der Waals surface area contributed by atoms with Crippen LogP contribution in [0.3, 0.4) is 0 Å². The number of aromatic nitrogens is 1. The topological polar surface area (TPSA) is 116 Å². The minimum Gasteiger partial charge on any atom is -0.495 e. The van der Waals surface area contributed by atoms with Crippen molar-refractivity contribution in [3.05, 3.63) is 66.4 Å². The van der Waals surface area contributed by atoms with E-state index in [9.17, 15) is 9.59 Å². The number of nitrogens with zero attached hydrogens (tertiary/aromatic N) is 2. The molecule has 0 aliphatic rings. The highest BCUT2D eigenvalue weighted by Gasteiger charge is 2.13. The van der Waals surface area contributed by atoms with E-state index in [1.54, 1.807) is 19.2 Å². The quantitative estimate of drug-likeness (QED) is 0.422. The number of amides is 2. The third-order valence-electron chi connectivity index (χ3n) is 5.14. The normalized spacial score (nSPS) is 11.2. The van der Waals surface area contributed by atoms with Gasteiger partial charge < -0.3 is 20.7 Å². The van der Waals surface area contributed by atoms with Crippen LogP contribution in [0, 0.1) is 11.3 Å². The summed E-state index contributed by atoms with van der Waals surface area (Å²) >= 11 is 0. The van der Waals surface area contributed by atoms with E-state index < -0.39 is 0 Å². The lowest BCUT2D eigenvalue weighted by molar-refractivity contribution is -0.119. The summed E-state index contributed by atoms with van der Waals surface area (Å²) in [6, 6.07) is 16.8. The zero-order valence-electron chi connectivity index (χ0n) is 19.4. The minimum atomic E-state index is -0.320. The Morgan fingerprint density at radius 1 is 1.21 bits per heavy atom. The summed E-state index contributed by atoms with van der Waals surface area (Å²) in [5.41, 5.74) is 2.90. The van der Waals surface area contributed by atoms with Gasteiger partial charge in [-0.25, -0.2) is 4.98 Å². The number of pyridine rings is 1. The largest absolute Gasteiger partial charge is 0.495 e. The lowest BCUT2D eigenvalue weighted by Gasteiger charge is -2.15. The number of ether oxygens (including phenoxy) is 1. The summed E-state index contributed by atoms with van der Waals surface area (Å²) < 4.78 is 5.52. The first-order chi connectivity index (χ1) is 16.3. The van der Waals surface area contributed by atoms with Crippen LogP contribution in [-0.2, 0) is 4.79 Å². The van der Waals surface area contributed by atoms with Crippen LogP contribution in [0.25, 0.3) is 22.0 Å². The summed E-state index contributed by atoms with van der Waals surface area (Å²) in [6.07, 6.45) is 0. The van der Waals surface area contributed by atoms with E-state index in [1.807, 2.05) is 49.4 Å². The van der Waals surface area contributed by atoms with Crippen LogP contribution >= 0.6 is 0 Å². The molecule has 0 aliphatic carbocycles. The fraction of sp³-hybridized carbons (Fsp3) is 0.231. The highest BCUT2D eigenvalue weighted by Crippen LogP contribution is 2.35. The molecule has 8 nitrogen and oxygen atoms in total. The second-order valence-electron chi connectivity index (χ2n) is 7.87. The number of hydrogen-bond acceptors (Lipinski definition) is 6. The van der Waals surface area contributed by atoms with Crippen molar-refractivity contribution in [2.24, 2.45) is 0 Å². The average molecular weight is 458 g/mol. The molecule has 8 heteroatoms. The van der Waals surface area contributed by atoms with Gasteiger partial charge in [0.1, 0.15) is 11.4 Å². The summed E-state index contributed by atoms with van der Waals surface area (Å²) in [4.78, 5) is 28.3. The van der Waals surface area contributed by atoms with Crippen LogP contribution < -0.4 is 20.7 Å². The van der Waals surface area contributed by atoms with Crippen molar-refractivity contribution in [1.29, 1.82) is 5.26 Å². The minimum absolute atomic E-state index is 0.152. The van der Waals surface area contributed by atoms with Gasteiger partial charge in [0, 0.05) is 42.6 Å². The molecule has 0 unspecified atom stereocenters. The first-order valence-electron chi connectivity index (χ1n) is 10.8. The third kappa shape index (κ3) is 5.90. The molecule has 1 atom stereocenters. The number of rotatable bonds is 9. The maximum atomic E-state index is 12.6. The molecule has 0 spiro atoms. The Morgan fingerprint density at radius 3 is 2.68 bits per heavy atom. The van der Waals surface area contributed by atoms with Gasteiger partial charge >= 0.3 is 0 Å². The van der Waals surface area contributed by atoms with Crippen LogP contribution in [0.2, 0.25) is 0 Å². The standard InChI is InChI=1S/C26H27N5O3/c1-16(13-27)14-28-25-21-12-20(9-8-19(21)10-11-24(25)34-4)22-6-5-7-23(31-22)26(33)29-15-17(2)30-18(3)32/h5-12,17,28H,1,14-15H2,2-4H3,(H,29,33)(H,30,32)/t17-/m1/s1. The molecule has 0 saturated carbocycles. The summed E-state index contributed by atoms with van der Waals surface area (Å²) in [7, 11) is 1.59. The molecule has 2 amide bonds. The molecular formula is C26H27N5O3. The van der Waals surface area contributed by atoms with Gasteiger partial charge in [0.2, 0.25) is 5.91 Å². The Labute approximate surface area is 198 Å². The van der Waals surface area contributed by atoms with Crippen LogP contribution in [0.1, 0.15) is 24.3 Å². The number of hydrogen-bond donors (Lipinski definition) is 3. The van der Waals surface area contributed by atoms with Gasteiger partial charge in [-0.15, -0.1) is 0 Å². The smallest absolute Gasteiger partial charge is 0.269 e. The molecule has 3 aromatic rings. The number of nitriles is 1. The lowest BCUT2D eigenvalue weighted by Crippen LogP contribution is -2.41. The Hall–Kier alpha value is -4.38. The van der Waals surface area contributed by atoms with Crippen molar-refractivity contribution in [3.63, 3.8) is 0 Å².